The Morgan fingerprint density at radius 3 is 2.55 bits per heavy atom. The third-order valence-electron chi connectivity index (χ3n) is 7.54. The van der Waals surface area contributed by atoms with E-state index in [9.17, 15) is 13.8 Å². The van der Waals surface area contributed by atoms with Crippen molar-refractivity contribution in [3.63, 3.8) is 0 Å². The van der Waals surface area contributed by atoms with Gasteiger partial charge >= 0.3 is 6.09 Å². The smallest absolute Gasteiger partial charge is 0.408 e. The van der Waals surface area contributed by atoms with Crippen molar-refractivity contribution in [3.8, 4) is 10.6 Å². The summed E-state index contributed by atoms with van der Waals surface area (Å²) in [6.07, 6.45) is 5.85. The van der Waals surface area contributed by atoms with Gasteiger partial charge in [-0.15, -0.1) is 10.2 Å². The molecule has 3 N–H and O–H groups in total. The maximum Gasteiger partial charge on any atom is 0.408 e. The SMILES string of the molecule is CN(c1c(C(N)=O)cnn2cc(-c3nnc(S(C)=O)s3)cc12)[C@@H]1CC[C@](C)(NC(=O)OC(C)(C)C)C1(C)C. The predicted octanol–water partition coefficient (Wildman–Crippen LogP) is 3.60. The van der Waals surface area contributed by atoms with Gasteiger partial charge in [-0.2, -0.15) is 5.10 Å². The first-order valence-corrected chi connectivity index (χ1v) is 14.6. The normalized spacial score (nSPS) is 21.8. The number of ether oxygens (including phenoxy) is 1. The molecule has 0 aliphatic heterocycles. The van der Waals surface area contributed by atoms with Gasteiger partial charge in [0.15, 0.2) is 0 Å². The summed E-state index contributed by atoms with van der Waals surface area (Å²) in [6.45, 7) is 11.8. The number of alkyl carbamates (subject to hydrolysis) is 1. The van der Waals surface area contributed by atoms with Crippen LogP contribution in [-0.2, 0) is 15.5 Å². The van der Waals surface area contributed by atoms with Crippen molar-refractivity contribution in [2.24, 2.45) is 11.1 Å². The van der Waals surface area contributed by atoms with Crippen molar-refractivity contribution in [1.29, 1.82) is 0 Å². The van der Waals surface area contributed by atoms with Gasteiger partial charge in [-0.1, -0.05) is 25.2 Å². The summed E-state index contributed by atoms with van der Waals surface area (Å²) >= 11 is 1.25. The van der Waals surface area contributed by atoms with Crippen molar-refractivity contribution < 1.29 is 18.5 Å². The topological polar surface area (TPSA) is 145 Å². The van der Waals surface area contributed by atoms with Crippen LogP contribution in [0.15, 0.2) is 22.8 Å². The number of nitrogens with two attached hydrogens (primary N) is 1. The first-order valence-electron chi connectivity index (χ1n) is 12.3. The van der Waals surface area contributed by atoms with Crippen LogP contribution >= 0.6 is 11.3 Å². The maximum absolute atomic E-state index is 12.7. The van der Waals surface area contributed by atoms with E-state index in [1.54, 1.807) is 17.0 Å². The third kappa shape index (κ3) is 5.00. The lowest BCUT2D eigenvalue weighted by Crippen LogP contribution is -2.58. The van der Waals surface area contributed by atoms with Crippen LogP contribution in [0.5, 0.6) is 0 Å². The Morgan fingerprint density at radius 2 is 1.97 bits per heavy atom. The maximum atomic E-state index is 12.7. The molecule has 0 bridgehead atoms. The molecule has 0 aromatic carbocycles. The molecule has 3 atom stereocenters. The van der Waals surface area contributed by atoms with Gasteiger partial charge in [0.05, 0.1) is 33.8 Å². The molecule has 3 aromatic rings. The van der Waals surface area contributed by atoms with E-state index in [1.807, 2.05) is 40.8 Å². The molecular formula is C25H35N7O4S2. The number of carbonyl (C=O) groups excluding carboxylic acids is 2. The first-order chi connectivity index (χ1) is 17.5. The molecule has 4 rings (SSSR count). The summed E-state index contributed by atoms with van der Waals surface area (Å²) in [5.41, 5.74) is 6.57. The van der Waals surface area contributed by atoms with Crippen LogP contribution in [0.25, 0.3) is 16.1 Å². The van der Waals surface area contributed by atoms with Gasteiger partial charge in [0.25, 0.3) is 5.91 Å². The zero-order valence-electron chi connectivity index (χ0n) is 23.0. The number of primary amides is 1. The Labute approximate surface area is 228 Å². The van der Waals surface area contributed by atoms with Gasteiger partial charge in [0.2, 0.25) is 4.34 Å². The summed E-state index contributed by atoms with van der Waals surface area (Å²) in [7, 11) is 0.699. The van der Waals surface area contributed by atoms with Crippen molar-refractivity contribution in [2.75, 3.05) is 18.2 Å². The largest absolute Gasteiger partial charge is 0.444 e. The van der Waals surface area contributed by atoms with E-state index in [2.05, 4.69) is 39.4 Å². The molecule has 0 radical (unpaired) electrons. The molecule has 1 fully saturated rings. The van der Waals surface area contributed by atoms with Crippen LogP contribution in [0.3, 0.4) is 0 Å². The highest BCUT2D eigenvalue weighted by atomic mass is 32.2. The van der Waals surface area contributed by atoms with Crippen molar-refractivity contribution in [2.45, 2.75) is 75.9 Å². The molecule has 13 heteroatoms. The molecule has 38 heavy (non-hydrogen) atoms. The monoisotopic (exact) mass is 561 g/mol. The summed E-state index contributed by atoms with van der Waals surface area (Å²) in [4.78, 5) is 27.3. The molecule has 11 nitrogen and oxygen atoms in total. The second-order valence-corrected chi connectivity index (χ2v) is 14.0. The fourth-order valence-electron chi connectivity index (χ4n) is 5.22. The quantitative estimate of drug-likeness (QED) is 0.464. The van der Waals surface area contributed by atoms with E-state index >= 15 is 0 Å². The number of amides is 2. The minimum absolute atomic E-state index is 0.0549. The summed E-state index contributed by atoms with van der Waals surface area (Å²) < 4.78 is 19.5. The van der Waals surface area contributed by atoms with E-state index in [1.165, 1.54) is 17.5 Å². The standard InChI is InChI=1S/C25H35N7O4S2/c1-23(2,3)36-21(34)28-25(6)10-9-17(24(25,4)5)31(7)18-15(19(26)33)12-27-32-13-14(11-16(18)32)20-29-30-22(37-20)38(8)35/h11-13,17H,9-10H2,1-8H3,(H2,26,33)(H,28,34)/t17-,25+,38?/m1/s1. The number of aromatic nitrogens is 4. The fraction of sp³-hybridized carbons (Fsp3) is 0.560. The van der Waals surface area contributed by atoms with E-state index < -0.39 is 39.4 Å². The molecule has 2 amide bonds. The van der Waals surface area contributed by atoms with Crippen LogP contribution in [0.1, 0.15) is 64.7 Å². The average molecular weight is 562 g/mol. The molecule has 206 valence electrons. The van der Waals surface area contributed by atoms with E-state index in [0.29, 0.717) is 26.1 Å². The van der Waals surface area contributed by atoms with Crippen molar-refractivity contribution in [1.82, 2.24) is 25.1 Å². The number of nitrogens with one attached hydrogen (secondary N) is 1. The van der Waals surface area contributed by atoms with Crippen LogP contribution in [0.2, 0.25) is 0 Å². The Bertz CT molecular complexity index is 1420. The fourth-order valence-corrected chi connectivity index (χ4v) is 6.64. The Hall–Kier alpha value is -3.06. The lowest BCUT2D eigenvalue weighted by atomic mass is 9.73. The number of hydrogen-bond donors (Lipinski definition) is 2. The Kier molecular flexibility index (Phi) is 7.06. The Morgan fingerprint density at radius 1 is 1.29 bits per heavy atom. The van der Waals surface area contributed by atoms with Crippen LogP contribution in [-0.4, -0.2) is 66.5 Å². The second-order valence-electron chi connectivity index (χ2n) is 11.5. The molecule has 1 aliphatic carbocycles. The second kappa shape index (κ2) is 9.60. The lowest BCUT2D eigenvalue weighted by molar-refractivity contribution is 0.0377. The minimum Gasteiger partial charge on any atom is -0.444 e. The van der Waals surface area contributed by atoms with E-state index in [0.717, 1.165) is 18.4 Å². The van der Waals surface area contributed by atoms with E-state index in [-0.39, 0.29) is 6.04 Å². The molecule has 0 spiro atoms. The van der Waals surface area contributed by atoms with Gasteiger partial charge in [0, 0.05) is 42.1 Å². The van der Waals surface area contributed by atoms with Gasteiger partial charge < -0.3 is 20.7 Å². The lowest BCUT2D eigenvalue weighted by Gasteiger charge is -2.45. The molecule has 1 unspecified atom stereocenters. The predicted molar refractivity (Wildman–Crippen MR) is 148 cm³/mol. The average Bonchev–Trinajstić information content (AvgIpc) is 3.48. The molecule has 0 saturated heterocycles. The van der Waals surface area contributed by atoms with Gasteiger partial charge in [-0.25, -0.2) is 9.31 Å². The number of rotatable bonds is 6. The van der Waals surface area contributed by atoms with Gasteiger partial charge in [0.1, 0.15) is 10.6 Å². The van der Waals surface area contributed by atoms with Crippen LogP contribution < -0.4 is 16.0 Å². The first kappa shape index (κ1) is 28.0. The molecular weight excluding hydrogens is 526 g/mol. The number of carbonyl (C=O) groups is 2. The Balaban J connectivity index is 1.74. The zero-order chi connectivity index (χ0) is 28.2. The van der Waals surface area contributed by atoms with Gasteiger partial charge in [-0.05, 0) is 46.6 Å². The number of hydrogen-bond acceptors (Lipinski definition) is 9. The van der Waals surface area contributed by atoms with Crippen molar-refractivity contribution >= 4 is 45.3 Å². The molecule has 1 saturated carbocycles. The number of anilines is 1. The highest BCUT2D eigenvalue weighted by molar-refractivity contribution is 7.86. The highest BCUT2D eigenvalue weighted by Crippen LogP contribution is 2.49. The number of fused-ring (bicyclic) bond motifs is 1. The van der Waals surface area contributed by atoms with E-state index in [4.69, 9.17) is 10.5 Å². The molecule has 3 heterocycles. The molecule has 3 aromatic heterocycles. The molecule has 1 aliphatic rings. The summed E-state index contributed by atoms with van der Waals surface area (Å²) in [5, 5.41) is 16.3. The minimum atomic E-state index is -1.24. The van der Waals surface area contributed by atoms with Crippen LogP contribution in [0.4, 0.5) is 10.5 Å². The number of nitrogens with zero attached hydrogens (tertiary/aromatic N) is 5. The summed E-state index contributed by atoms with van der Waals surface area (Å²) in [5.74, 6) is -0.588. The zero-order valence-corrected chi connectivity index (χ0v) is 24.6. The van der Waals surface area contributed by atoms with Crippen LogP contribution in [0, 0.1) is 5.41 Å². The van der Waals surface area contributed by atoms with Gasteiger partial charge in [-0.3, -0.25) is 9.00 Å². The summed E-state index contributed by atoms with van der Waals surface area (Å²) in [6, 6.07) is 1.83. The highest BCUT2D eigenvalue weighted by Gasteiger charge is 2.54. The van der Waals surface area contributed by atoms with Crippen molar-refractivity contribution in [3.05, 3.63) is 24.0 Å². The third-order valence-corrected chi connectivity index (χ3v) is 9.84.